The van der Waals surface area contributed by atoms with E-state index < -0.39 is 0 Å². The third-order valence-electron chi connectivity index (χ3n) is 1.25. The van der Waals surface area contributed by atoms with Gasteiger partial charge in [0.25, 0.3) is 0 Å². The summed E-state index contributed by atoms with van der Waals surface area (Å²) in [5, 5.41) is 7.46. The number of aromatic nitrogens is 2. The van der Waals surface area contributed by atoms with Crippen LogP contribution >= 0.6 is 11.6 Å². The quantitative estimate of drug-likeness (QED) is 0.739. The lowest BCUT2D eigenvalue weighted by Gasteiger charge is -1.97. The number of allylic oxidation sites excluding steroid dienone is 1. The van der Waals surface area contributed by atoms with Crippen molar-refractivity contribution in [3.63, 3.8) is 0 Å². The first-order valence-electron chi connectivity index (χ1n) is 3.33. The molecule has 0 saturated carbocycles. The Morgan fingerprint density at radius 3 is 3.00 bits per heavy atom. The number of hydrogen-bond acceptors (Lipinski definition) is 2. The Bertz CT molecular complexity index is 265. The highest BCUT2D eigenvalue weighted by Crippen LogP contribution is 2.13. The zero-order valence-corrected chi connectivity index (χ0v) is 7.26. The zero-order valence-electron chi connectivity index (χ0n) is 6.50. The molecular formula is C7H10ClN3. The molecule has 0 aliphatic carbocycles. The molecule has 0 amide bonds. The zero-order chi connectivity index (χ0) is 8.27. The van der Waals surface area contributed by atoms with Crippen LogP contribution in [0.2, 0.25) is 5.15 Å². The summed E-state index contributed by atoms with van der Waals surface area (Å²) < 4.78 is 1.68. The lowest BCUT2D eigenvalue weighted by molar-refractivity contribution is 0.937. The van der Waals surface area contributed by atoms with Crippen molar-refractivity contribution in [1.82, 2.24) is 9.78 Å². The largest absolute Gasteiger partial charge is 0.373 e. The summed E-state index contributed by atoms with van der Waals surface area (Å²) in [4.78, 5) is 0. The van der Waals surface area contributed by atoms with Gasteiger partial charge in [-0.15, -0.1) is 0 Å². The van der Waals surface area contributed by atoms with Crippen molar-refractivity contribution in [2.45, 2.75) is 6.92 Å². The average molecular weight is 172 g/mol. The van der Waals surface area contributed by atoms with Gasteiger partial charge in [-0.05, 0) is 6.92 Å². The Morgan fingerprint density at radius 2 is 2.45 bits per heavy atom. The van der Waals surface area contributed by atoms with E-state index in [1.807, 2.05) is 26.2 Å². The predicted molar refractivity (Wildman–Crippen MR) is 47.8 cm³/mol. The van der Waals surface area contributed by atoms with Gasteiger partial charge in [-0.1, -0.05) is 17.7 Å². The van der Waals surface area contributed by atoms with Crippen LogP contribution in [0.3, 0.4) is 0 Å². The van der Waals surface area contributed by atoms with Crippen LogP contribution in [0.1, 0.15) is 6.92 Å². The van der Waals surface area contributed by atoms with Crippen LogP contribution in [0.15, 0.2) is 12.1 Å². The van der Waals surface area contributed by atoms with Crippen molar-refractivity contribution in [1.29, 1.82) is 0 Å². The molecule has 0 spiro atoms. The van der Waals surface area contributed by atoms with Crippen molar-refractivity contribution in [3.05, 3.63) is 17.3 Å². The molecule has 1 heterocycles. The fraction of sp³-hybridized carbons (Fsp3) is 0.286. The number of nitrogens with zero attached hydrogens (tertiary/aromatic N) is 2. The van der Waals surface area contributed by atoms with Gasteiger partial charge < -0.3 is 5.32 Å². The summed E-state index contributed by atoms with van der Waals surface area (Å²) in [5.41, 5.74) is 0. The van der Waals surface area contributed by atoms with Crippen molar-refractivity contribution >= 4 is 23.6 Å². The molecule has 0 saturated heterocycles. The van der Waals surface area contributed by atoms with Crippen LogP contribution in [-0.2, 0) is 0 Å². The van der Waals surface area contributed by atoms with Gasteiger partial charge in [-0.3, -0.25) is 0 Å². The number of nitrogens with one attached hydrogen (secondary N) is 1. The molecule has 3 nitrogen and oxygen atoms in total. The van der Waals surface area contributed by atoms with Gasteiger partial charge in [-0.2, -0.15) is 5.10 Å². The Hall–Kier alpha value is -0.960. The molecule has 4 heteroatoms. The van der Waals surface area contributed by atoms with Crippen molar-refractivity contribution in [2.24, 2.45) is 0 Å². The maximum Gasteiger partial charge on any atom is 0.153 e. The molecule has 60 valence electrons. The summed E-state index contributed by atoms with van der Waals surface area (Å²) >= 11 is 5.67. The molecule has 0 fully saturated rings. The summed E-state index contributed by atoms with van der Waals surface area (Å²) in [7, 11) is 1.83. The highest BCUT2D eigenvalue weighted by Gasteiger charge is 1.99. The minimum atomic E-state index is 0.493. The number of hydrogen-bond donors (Lipinski definition) is 1. The monoisotopic (exact) mass is 171 g/mol. The molecular weight excluding hydrogens is 162 g/mol. The van der Waals surface area contributed by atoms with Gasteiger partial charge in [0.15, 0.2) is 5.15 Å². The van der Waals surface area contributed by atoms with Gasteiger partial charge in [0.1, 0.15) is 5.82 Å². The lowest BCUT2D eigenvalue weighted by Crippen LogP contribution is -1.96. The topological polar surface area (TPSA) is 29.9 Å². The first-order chi connectivity index (χ1) is 5.27. The minimum Gasteiger partial charge on any atom is -0.373 e. The second kappa shape index (κ2) is 3.44. The van der Waals surface area contributed by atoms with Crippen molar-refractivity contribution in [3.8, 4) is 0 Å². The summed E-state index contributed by atoms with van der Waals surface area (Å²) in [6.07, 6.45) is 3.72. The average Bonchev–Trinajstić information content (AvgIpc) is 2.32. The van der Waals surface area contributed by atoms with Gasteiger partial charge in [0.05, 0.1) is 0 Å². The highest BCUT2D eigenvalue weighted by atomic mass is 35.5. The summed E-state index contributed by atoms with van der Waals surface area (Å²) in [6.45, 7) is 1.93. The van der Waals surface area contributed by atoms with E-state index in [0.717, 1.165) is 5.82 Å². The highest BCUT2D eigenvalue weighted by molar-refractivity contribution is 6.29. The normalized spacial score (nSPS) is 10.8. The predicted octanol–water partition coefficient (Wildman–Crippen LogP) is 2.07. The van der Waals surface area contributed by atoms with Crippen LogP contribution < -0.4 is 5.32 Å². The first-order valence-corrected chi connectivity index (χ1v) is 3.71. The Balaban J connectivity index is 3.01. The summed E-state index contributed by atoms with van der Waals surface area (Å²) in [5.74, 6) is 0.883. The molecule has 0 atom stereocenters. The molecule has 1 aromatic rings. The van der Waals surface area contributed by atoms with E-state index in [1.54, 1.807) is 10.7 Å². The maximum atomic E-state index is 5.67. The molecule has 11 heavy (non-hydrogen) atoms. The van der Waals surface area contributed by atoms with Gasteiger partial charge in [-0.25, -0.2) is 4.68 Å². The Labute approximate surface area is 70.7 Å². The maximum absolute atomic E-state index is 5.67. The smallest absolute Gasteiger partial charge is 0.153 e. The van der Waals surface area contributed by atoms with E-state index in [9.17, 15) is 0 Å². The second-order valence-electron chi connectivity index (χ2n) is 2.03. The molecule has 1 aromatic heterocycles. The fourth-order valence-corrected chi connectivity index (χ4v) is 0.991. The molecule has 0 radical (unpaired) electrons. The van der Waals surface area contributed by atoms with E-state index in [0.29, 0.717) is 5.15 Å². The standard InChI is InChI=1S/C7H10ClN3/c1-3-4-11-7(9-2)5-6(8)10-11/h3-5,9H,1-2H3/b4-3-. The number of rotatable bonds is 2. The molecule has 1 rings (SSSR count). The lowest BCUT2D eigenvalue weighted by atomic mass is 10.6. The van der Waals surface area contributed by atoms with Gasteiger partial charge in [0.2, 0.25) is 0 Å². The van der Waals surface area contributed by atoms with Crippen LogP contribution in [0.25, 0.3) is 6.20 Å². The van der Waals surface area contributed by atoms with Gasteiger partial charge >= 0.3 is 0 Å². The van der Waals surface area contributed by atoms with E-state index in [-0.39, 0.29) is 0 Å². The Morgan fingerprint density at radius 1 is 1.73 bits per heavy atom. The SMILES string of the molecule is C/C=C\n1nc(Cl)cc1NC. The Kier molecular flexibility index (Phi) is 2.54. The van der Waals surface area contributed by atoms with Crippen LogP contribution in [0.5, 0.6) is 0 Å². The molecule has 0 aliphatic heterocycles. The fourth-order valence-electron chi connectivity index (χ4n) is 0.806. The summed E-state index contributed by atoms with van der Waals surface area (Å²) in [6, 6.07) is 1.77. The van der Waals surface area contributed by atoms with Crippen LogP contribution in [0.4, 0.5) is 5.82 Å². The van der Waals surface area contributed by atoms with Crippen LogP contribution in [0, 0.1) is 0 Å². The first kappa shape index (κ1) is 8.14. The molecule has 0 aliphatic rings. The van der Waals surface area contributed by atoms with E-state index in [4.69, 9.17) is 11.6 Å². The van der Waals surface area contributed by atoms with E-state index in [1.165, 1.54) is 0 Å². The molecule has 1 N–H and O–H groups in total. The van der Waals surface area contributed by atoms with E-state index in [2.05, 4.69) is 10.4 Å². The second-order valence-corrected chi connectivity index (χ2v) is 2.42. The van der Waals surface area contributed by atoms with Crippen molar-refractivity contribution in [2.75, 3.05) is 12.4 Å². The number of halogens is 1. The molecule has 0 bridgehead atoms. The van der Waals surface area contributed by atoms with Crippen molar-refractivity contribution < 1.29 is 0 Å². The number of anilines is 1. The van der Waals surface area contributed by atoms with Crippen LogP contribution in [-0.4, -0.2) is 16.8 Å². The third kappa shape index (κ3) is 1.74. The molecule has 0 aromatic carbocycles. The molecule has 0 unspecified atom stereocenters. The van der Waals surface area contributed by atoms with E-state index >= 15 is 0 Å². The minimum absolute atomic E-state index is 0.493. The van der Waals surface area contributed by atoms with Gasteiger partial charge in [0, 0.05) is 19.3 Å². The third-order valence-corrected chi connectivity index (χ3v) is 1.44.